The Balaban J connectivity index is 2.55. The van der Waals surface area contributed by atoms with Crippen molar-refractivity contribution in [2.75, 3.05) is 12.1 Å². The van der Waals surface area contributed by atoms with E-state index in [1.54, 1.807) is 0 Å². The first-order valence-electron chi connectivity index (χ1n) is 3.35. The fourth-order valence-electron chi connectivity index (χ4n) is 0.943. The third kappa shape index (κ3) is 2.06. The number of rotatable bonds is 2. The van der Waals surface area contributed by atoms with E-state index in [1.807, 2.05) is 11.8 Å². The van der Waals surface area contributed by atoms with Gasteiger partial charge in [-0.05, 0) is 24.0 Å². The second-order valence-electron chi connectivity index (χ2n) is 2.30. The lowest BCUT2D eigenvalue weighted by Crippen LogP contribution is -1.91. The predicted octanol–water partition coefficient (Wildman–Crippen LogP) is 3.19. The SMILES string of the molecule is CSC1=CC=C(CCl)CC1. The van der Waals surface area contributed by atoms with Crippen molar-refractivity contribution in [2.24, 2.45) is 0 Å². The van der Waals surface area contributed by atoms with Crippen LogP contribution >= 0.6 is 23.4 Å². The standard InChI is InChI=1S/C8H11ClS/c1-10-8-4-2-7(6-9)3-5-8/h2,4H,3,5-6H2,1H3. The molecule has 0 heterocycles. The minimum Gasteiger partial charge on any atom is -0.134 e. The molecule has 0 aromatic carbocycles. The fourth-order valence-corrected chi connectivity index (χ4v) is 1.68. The molecule has 1 aliphatic carbocycles. The van der Waals surface area contributed by atoms with E-state index in [4.69, 9.17) is 11.6 Å². The summed E-state index contributed by atoms with van der Waals surface area (Å²) < 4.78 is 0. The Morgan fingerprint density at radius 1 is 1.50 bits per heavy atom. The first kappa shape index (κ1) is 8.22. The molecular formula is C8H11ClS. The summed E-state index contributed by atoms with van der Waals surface area (Å²) in [6.45, 7) is 0. The van der Waals surface area contributed by atoms with E-state index >= 15 is 0 Å². The summed E-state index contributed by atoms with van der Waals surface area (Å²) in [5.74, 6) is 0.693. The highest BCUT2D eigenvalue weighted by Gasteiger charge is 2.03. The van der Waals surface area contributed by atoms with Crippen LogP contribution in [0.3, 0.4) is 0 Å². The summed E-state index contributed by atoms with van der Waals surface area (Å²) in [6.07, 6.45) is 8.76. The van der Waals surface area contributed by atoms with Crippen molar-refractivity contribution in [3.63, 3.8) is 0 Å². The van der Waals surface area contributed by atoms with Gasteiger partial charge in [0.1, 0.15) is 0 Å². The van der Waals surface area contributed by atoms with Crippen molar-refractivity contribution in [3.8, 4) is 0 Å². The van der Waals surface area contributed by atoms with Crippen LogP contribution in [0.25, 0.3) is 0 Å². The molecule has 0 amide bonds. The molecule has 0 aliphatic heterocycles. The highest BCUT2D eigenvalue weighted by atomic mass is 35.5. The van der Waals surface area contributed by atoms with E-state index in [2.05, 4.69) is 18.4 Å². The zero-order valence-corrected chi connectivity index (χ0v) is 7.63. The van der Waals surface area contributed by atoms with E-state index in [-0.39, 0.29) is 0 Å². The number of hydrogen-bond donors (Lipinski definition) is 0. The summed E-state index contributed by atoms with van der Waals surface area (Å²) in [4.78, 5) is 1.47. The van der Waals surface area contributed by atoms with Gasteiger partial charge in [0.2, 0.25) is 0 Å². The molecule has 0 N–H and O–H groups in total. The number of halogens is 1. The lowest BCUT2D eigenvalue weighted by molar-refractivity contribution is 0.952. The molecule has 56 valence electrons. The zero-order chi connectivity index (χ0) is 7.40. The third-order valence-electron chi connectivity index (χ3n) is 1.63. The molecule has 0 spiro atoms. The van der Waals surface area contributed by atoms with Crippen molar-refractivity contribution in [1.29, 1.82) is 0 Å². The van der Waals surface area contributed by atoms with Gasteiger partial charge in [-0.1, -0.05) is 17.7 Å². The average molecular weight is 175 g/mol. The van der Waals surface area contributed by atoms with E-state index < -0.39 is 0 Å². The molecule has 10 heavy (non-hydrogen) atoms. The Morgan fingerprint density at radius 3 is 2.70 bits per heavy atom. The maximum atomic E-state index is 5.67. The Bertz CT molecular complexity index is 150. The van der Waals surface area contributed by atoms with Crippen molar-refractivity contribution in [3.05, 3.63) is 22.6 Å². The van der Waals surface area contributed by atoms with Crippen molar-refractivity contribution in [1.82, 2.24) is 0 Å². The normalized spacial score (nSPS) is 18.2. The van der Waals surface area contributed by atoms with Crippen molar-refractivity contribution < 1.29 is 0 Å². The molecule has 0 bridgehead atoms. The van der Waals surface area contributed by atoms with Gasteiger partial charge < -0.3 is 0 Å². The Kier molecular flexibility index (Phi) is 3.36. The molecule has 0 aromatic heterocycles. The highest BCUT2D eigenvalue weighted by molar-refractivity contribution is 8.02. The minimum atomic E-state index is 0.693. The smallest absolute Gasteiger partial charge is 0.0436 e. The molecule has 0 saturated carbocycles. The summed E-state index contributed by atoms with van der Waals surface area (Å²) in [7, 11) is 0. The second kappa shape index (κ2) is 4.09. The monoisotopic (exact) mass is 174 g/mol. The first-order valence-corrected chi connectivity index (χ1v) is 5.11. The van der Waals surface area contributed by atoms with Crippen LogP contribution in [0.4, 0.5) is 0 Å². The zero-order valence-electron chi connectivity index (χ0n) is 6.06. The topological polar surface area (TPSA) is 0 Å². The van der Waals surface area contributed by atoms with Gasteiger partial charge in [-0.2, -0.15) is 0 Å². The van der Waals surface area contributed by atoms with Gasteiger partial charge in [-0.25, -0.2) is 0 Å². The van der Waals surface area contributed by atoms with E-state index in [0.29, 0.717) is 5.88 Å². The number of alkyl halides is 1. The molecule has 0 unspecified atom stereocenters. The molecule has 0 fully saturated rings. The lowest BCUT2D eigenvalue weighted by Gasteiger charge is -2.09. The van der Waals surface area contributed by atoms with Crippen molar-refractivity contribution >= 4 is 23.4 Å². The molecule has 0 saturated heterocycles. The molecule has 0 atom stereocenters. The van der Waals surface area contributed by atoms with E-state index in [1.165, 1.54) is 16.9 Å². The summed E-state index contributed by atoms with van der Waals surface area (Å²) in [5.41, 5.74) is 1.36. The van der Waals surface area contributed by atoms with Crippen LogP contribution in [0.15, 0.2) is 22.6 Å². The van der Waals surface area contributed by atoms with Gasteiger partial charge in [-0.3, -0.25) is 0 Å². The Morgan fingerprint density at radius 2 is 2.30 bits per heavy atom. The third-order valence-corrected chi connectivity index (χ3v) is 2.84. The largest absolute Gasteiger partial charge is 0.134 e. The van der Waals surface area contributed by atoms with Gasteiger partial charge in [0.25, 0.3) is 0 Å². The van der Waals surface area contributed by atoms with Gasteiger partial charge in [0.05, 0.1) is 0 Å². The average Bonchev–Trinajstić information content (AvgIpc) is 2.05. The van der Waals surface area contributed by atoms with Crippen LogP contribution < -0.4 is 0 Å². The van der Waals surface area contributed by atoms with E-state index in [0.717, 1.165) is 6.42 Å². The molecular weight excluding hydrogens is 164 g/mol. The predicted molar refractivity (Wildman–Crippen MR) is 49.6 cm³/mol. The first-order chi connectivity index (χ1) is 4.86. The van der Waals surface area contributed by atoms with Crippen LogP contribution in [-0.2, 0) is 0 Å². The lowest BCUT2D eigenvalue weighted by atomic mass is 10.1. The minimum absolute atomic E-state index is 0.693. The molecule has 0 nitrogen and oxygen atoms in total. The van der Waals surface area contributed by atoms with Crippen LogP contribution in [0.5, 0.6) is 0 Å². The van der Waals surface area contributed by atoms with Gasteiger partial charge in [0.15, 0.2) is 0 Å². The molecule has 2 heteroatoms. The quantitative estimate of drug-likeness (QED) is 0.580. The van der Waals surface area contributed by atoms with Crippen molar-refractivity contribution in [2.45, 2.75) is 12.8 Å². The highest BCUT2D eigenvalue weighted by Crippen LogP contribution is 2.25. The molecule has 0 aromatic rings. The maximum Gasteiger partial charge on any atom is 0.0436 e. The van der Waals surface area contributed by atoms with Gasteiger partial charge >= 0.3 is 0 Å². The van der Waals surface area contributed by atoms with Gasteiger partial charge in [-0.15, -0.1) is 23.4 Å². The Labute approximate surface area is 71.3 Å². The molecule has 1 aliphatic rings. The number of allylic oxidation sites excluding steroid dienone is 4. The maximum absolute atomic E-state index is 5.67. The van der Waals surface area contributed by atoms with Crippen LogP contribution in [0.2, 0.25) is 0 Å². The summed E-state index contributed by atoms with van der Waals surface area (Å²) in [5, 5.41) is 0. The van der Waals surface area contributed by atoms with Gasteiger partial charge in [0, 0.05) is 5.88 Å². The summed E-state index contributed by atoms with van der Waals surface area (Å²) >= 11 is 7.50. The summed E-state index contributed by atoms with van der Waals surface area (Å²) in [6, 6.07) is 0. The molecule has 0 radical (unpaired) electrons. The number of thioether (sulfide) groups is 1. The van der Waals surface area contributed by atoms with Crippen LogP contribution in [0, 0.1) is 0 Å². The second-order valence-corrected chi connectivity index (χ2v) is 3.50. The Hall–Kier alpha value is 0.120. The van der Waals surface area contributed by atoms with Crippen LogP contribution in [-0.4, -0.2) is 12.1 Å². The number of hydrogen-bond acceptors (Lipinski definition) is 1. The molecule has 1 rings (SSSR count). The van der Waals surface area contributed by atoms with E-state index in [9.17, 15) is 0 Å². The fraction of sp³-hybridized carbons (Fsp3) is 0.500. The van der Waals surface area contributed by atoms with Crippen LogP contribution in [0.1, 0.15) is 12.8 Å².